The van der Waals surface area contributed by atoms with Gasteiger partial charge in [0.05, 0.1) is 14.2 Å². The molecular formula is C15H20N2O5. The Morgan fingerprint density at radius 3 is 2.23 bits per heavy atom. The van der Waals surface area contributed by atoms with Crippen molar-refractivity contribution in [2.24, 2.45) is 0 Å². The molecule has 7 nitrogen and oxygen atoms in total. The maximum atomic E-state index is 12.1. The Morgan fingerprint density at radius 1 is 1.09 bits per heavy atom. The van der Waals surface area contributed by atoms with E-state index in [9.17, 15) is 14.4 Å². The van der Waals surface area contributed by atoms with Gasteiger partial charge in [0.15, 0.2) is 0 Å². The zero-order valence-electron chi connectivity index (χ0n) is 12.8. The van der Waals surface area contributed by atoms with E-state index >= 15 is 0 Å². The van der Waals surface area contributed by atoms with Crippen molar-refractivity contribution in [1.82, 2.24) is 5.32 Å². The number of nitrogens with one attached hydrogen (secondary N) is 2. The van der Waals surface area contributed by atoms with Crippen LogP contribution in [0.15, 0.2) is 24.3 Å². The molecule has 0 saturated heterocycles. The standard InChI is InChI=1S/C15H20N2O5/c1-16-11-6-4-10(5-7-11)14(19)17-12(15(20)22-3)8-9-13(18)21-2/h4-7,12,16H,8-9H2,1-3H3,(H,17,19). The molecule has 1 rings (SSSR count). The van der Waals surface area contributed by atoms with Crippen molar-refractivity contribution in [3.8, 4) is 0 Å². The summed E-state index contributed by atoms with van der Waals surface area (Å²) in [6.07, 6.45) is 0.120. The van der Waals surface area contributed by atoms with Crippen molar-refractivity contribution in [3.63, 3.8) is 0 Å². The van der Waals surface area contributed by atoms with Gasteiger partial charge in [0.1, 0.15) is 6.04 Å². The minimum absolute atomic E-state index is 0.00917. The Kier molecular flexibility index (Phi) is 6.88. The second-order valence-electron chi connectivity index (χ2n) is 4.49. The van der Waals surface area contributed by atoms with Crippen LogP contribution in [0, 0.1) is 0 Å². The number of amides is 1. The number of ether oxygens (including phenoxy) is 2. The van der Waals surface area contributed by atoms with Crippen molar-refractivity contribution < 1.29 is 23.9 Å². The summed E-state index contributed by atoms with van der Waals surface area (Å²) in [6, 6.07) is 5.86. The van der Waals surface area contributed by atoms with Crippen LogP contribution >= 0.6 is 0 Å². The Bertz CT molecular complexity index is 527. The minimum Gasteiger partial charge on any atom is -0.469 e. The summed E-state index contributed by atoms with van der Waals surface area (Å²) in [5.74, 6) is -1.48. The molecule has 0 aliphatic rings. The normalized spacial score (nSPS) is 11.2. The average Bonchev–Trinajstić information content (AvgIpc) is 2.57. The lowest BCUT2D eigenvalue weighted by Crippen LogP contribution is -2.41. The molecule has 0 fully saturated rings. The van der Waals surface area contributed by atoms with Gasteiger partial charge in [0, 0.05) is 24.7 Å². The van der Waals surface area contributed by atoms with Gasteiger partial charge >= 0.3 is 11.9 Å². The molecule has 0 aliphatic carbocycles. The topological polar surface area (TPSA) is 93.7 Å². The number of anilines is 1. The molecule has 1 atom stereocenters. The van der Waals surface area contributed by atoms with Gasteiger partial charge in [-0.25, -0.2) is 4.79 Å². The third-order valence-corrected chi connectivity index (χ3v) is 3.09. The highest BCUT2D eigenvalue weighted by molar-refractivity contribution is 5.97. The summed E-state index contributed by atoms with van der Waals surface area (Å²) >= 11 is 0. The number of rotatable bonds is 7. The van der Waals surface area contributed by atoms with Crippen molar-refractivity contribution in [1.29, 1.82) is 0 Å². The summed E-state index contributed by atoms with van der Waals surface area (Å²) in [5.41, 5.74) is 1.28. The molecule has 0 spiro atoms. The number of esters is 2. The van der Waals surface area contributed by atoms with Crippen LogP contribution in [0.1, 0.15) is 23.2 Å². The molecule has 120 valence electrons. The van der Waals surface area contributed by atoms with E-state index in [1.54, 1.807) is 31.3 Å². The Morgan fingerprint density at radius 2 is 1.73 bits per heavy atom. The largest absolute Gasteiger partial charge is 0.469 e. The molecule has 0 radical (unpaired) electrons. The van der Waals surface area contributed by atoms with E-state index in [1.165, 1.54) is 14.2 Å². The molecule has 2 N–H and O–H groups in total. The molecule has 0 saturated carbocycles. The minimum atomic E-state index is -0.902. The van der Waals surface area contributed by atoms with Crippen molar-refractivity contribution >= 4 is 23.5 Å². The summed E-state index contributed by atoms with van der Waals surface area (Å²) in [6.45, 7) is 0. The number of carbonyl (C=O) groups excluding carboxylic acids is 3. The lowest BCUT2D eigenvalue weighted by atomic mass is 10.1. The summed E-state index contributed by atoms with van der Waals surface area (Å²) in [7, 11) is 4.26. The second kappa shape index (κ2) is 8.66. The predicted molar refractivity (Wildman–Crippen MR) is 80.5 cm³/mol. The van der Waals surface area contributed by atoms with Crippen molar-refractivity contribution in [2.45, 2.75) is 18.9 Å². The van der Waals surface area contributed by atoms with Crippen molar-refractivity contribution in [2.75, 3.05) is 26.6 Å². The van der Waals surface area contributed by atoms with E-state index < -0.39 is 23.9 Å². The first-order valence-electron chi connectivity index (χ1n) is 6.75. The monoisotopic (exact) mass is 308 g/mol. The first kappa shape index (κ1) is 17.5. The molecule has 7 heteroatoms. The Hall–Kier alpha value is -2.57. The lowest BCUT2D eigenvalue weighted by Gasteiger charge is -2.16. The third-order valence-electron chi connectivity index (χ3n) is 3.09. The van der Waals surface area contributed by atoms with E-state index in [0.29, 0.717) is 5.56 Å². The average molecular weight is 308 g/mol. The van der Waals surface area contributed by atoms with E-state index in [1.807, 2.05) is 0 Å². The van der Waals surface area contributed by atoms with Gasteiger partial charge in [-0.3, -0.25) is 9.59 Å². The van der Waals surface area contributed by atoms with E-state index in [2.05, 4.69) is 20.1 Å². The van der Waals surface area contributed by atoms with Crippen LogP contribution in [-0.2, 0) is 19.1 Å². The smallest absolute Gasteiger partial charge is 0.328 e. The van der Waals surface area contributed by atoms with E-state index in [4.69, 9.17) is 0 Å². The van der Waals surface area contributed by atoms with Crippen LogP contribution in [0.5, 0.6) is 0 Å². The maximum Gasteiger partial charge on any atom is 0.328 e. The molecule has 0 aliphatic heterocycles. The van der Waals surface area contributed by atoms with Gasteiger partial charge in [-0.15, -0.1) is 0 Å². The van der Waals surface area contributed by atoms with Crippen LogP contribution in [-0.4, -0.2) is 45.2 Å². The van der Waals surface area contributed by atoms with Gasteiger partial charge < -0.3 is 20.1 Å². The van der Waals surface area contributed by atoms with Crippen LogP contribution in [0.4, 0.5) is 5.69 Å². The zero-order valence-corrected chi connectivity index (χ0v) is 12.8. The van der Waals surface area contributed by atoms with Gasteiger partial charge in [-0.05, 0) is 30.7 Å². The number of methoxy groups -OCH3 is 2. The first-order valence-corrected chi connectivity index (χ1v) is 6.75. The molecule has 22 heavy (non-hydrogen) atoms. The molecule has 1 aromatic carbocycles. The molecule has 1 aromatic rings. The molecule has 0 aromatic heterocycles. The summed E-state index contributed by atoms with van der Waals surface area (Å²) < 4.78 is 9.15. The fourth-order valence-electron chi connectivity index (χ4n) is 1.79. The summed E-state index contributed by atoms with van der Waals surface area (Å²) in [4.78, 5) is 35.0. The predicted octanol–water partition coefficient (Wildman–Crippen LogP) is 0.953. The number of hydrogen-bond acceptors (Lipinski definition) is 6. The van der Waals surface area contributed by atoms with E-state index in [-0.39, 0.29) is 12.8 Å². The first-order chi connectivity index (χ1) is 10.5. The van der Waals surface area contributed by atoms with Gasteiger partial charge in [0.2, 0.25) is 0 Å². The molecule has 1 amide bonds. The number of benzene rings is 1. The van der Waals surface area contributed by atoms with Gasteiger partial charge in [0.25, 0.3) is 5.91 Å². The van der Waals surface area contributed by atoms with E-state index in [0.717, 1.165) is 5.69 Å². The lowest BCUT2D eigenvalue weighted by molar-refractivity contribution is -0.144. The highest BCUT2D eigenvalue weighted by atomic mass is 16.5. The van der Waals surface area contributed by atoms with Gasteiger partial charge in [-0.1, -0.05) is 0 Å². The van der Waals surface area contributed by atoms with Crippen LogP contribution in [0.2, 0.25) is 0 Å². The highest BCUT2D eigenvalue weighted by Crippen LogP contribution is 2.09. The van der Waals surface area contributed by atoms with Crippen molar-refractivity contribution in [3.05, 3.63) is 29.8 Å². The van der Waals surface area contributed by atoms with Crippen LogP contribution in [0.3, 0.4) is 0 Å². The number of hydrogen-bond donors (Lipinski definition) is 2. The fourth-order valence-corrected chi connectivity index (χ4v) is 1.79. The van der Waals surface area contributed by atoms with Crippen LogP contribution < -0.4 is 10.6 Å². The maximum absolute atomic E-state index is 12.1. The zero-order chi connectivity index (χ0) is 16.5. The molecular weight excluding hydrogens is 288 g/mol. The quantitative estimate of drug-likeness (QED) is 0.729. The molecule has 1 unspecified atom stereocenters. The third kappa shape index (κ3) is 5.08. The SMILES string of the molecule is CNc1ccc(C(=O)NC(CCC(=O)OC)C(=O)OC)cc1. The van der Waals surface area contributed by atoms with Crippen LogP contribution in [0.25, 0.3) is 0 Å². The Labute approximate surface area is 129 Å². The Balaban J connectivity index is 2.72. The highest BCUT2D eigenvalue weighted by Gasteiger charge is 2.23. The molecule has 0 heterocycles. The fraction of sp³-hybridized carbons (Fsp3) is 0.400. The van der Waals surface area contributed by atoms with Gasteiger partial charge in [-0.2, -0.15) is 0 Å². The molecule has 0 bridgehead atoms. The number of carbonyl (C=O) groups is 3. The second-order valence-corrected chi connectivity index (χ2v) is 4.49. The summed E-state index contributed by atoms with van der Waals surface area (Å²) in [5, 5.41) is 5.50.